The van der Waals surface area contributed by atoms with Crippen LogP contribution in [-0.2, 0) is 4.74 Å². The van der Waals surface area contributed by atoms with Gasteiger partial charge in [-0.2, -0.15) is 0 Å². The van der Waals surface area contributed by atoms with E-state index < -0.39 is 0 Å². The molecule has 0 aliphatic heterocycles. The second-order valence-electron chi connectivity index (χ2n) is 4.13. The fraction of sp³-hybridized carbons (Fsp3) is 0.429. The molecule has 16 heavy (non-hydrogen) atoms. The first-order valence-electron chi connectivity index (χ1n) is 5.66. The Hall–Kier alpha value is -1.30. The number of terminal acetylenes is 1. The fourth-order valence-electron chi connectivity index (χ4n) is 2.08. The minimum atomic E-state index is -0.362. The van der Waals surface area contributed by atoms with Gasteiger partial charge in [-0.3, -0.25) is 0 Å². The molecule has 1 N–H and O–H groups in total. The van der Waals surface area contributed by atoms with Crippen LogP contribution in [0.15, 0.2) is 30.3 Å². The van der Waals surface area contributed by atoms with E-state index in [1.165, 1.54) is 0 Å². The van der Waals surface area contributed by atoms with Crippen LogP contribution in [0.1, 0.15) is 30.9 Å². The molecule has 3 atom stereocenters. The first kappa shape index (κ1) is 11.2. The minimum Gasteiger partial charge on any atom is -0.390 e. The zero-order valence-electron chi connectivity index (χ0n) is 9.17. The number of benzene rings is 1. The highest BCUT2D eigenvalue weighted by Crippen LogP contribution is 2.27. The molecule has 0 radical (unpaired) electrons. The van der Waals surface area contributed by atoms with Gasteiger partial charge in [0.25, 0.3) is 0 Å². The summed E-state index contributed by atoms with van der Waals surface area (Å²) in [5.41, 5.74) is 0.976. The van der Waals surface area contributed by atoms with Crippen LogP contribution in [0.3, 0.4) is 0 Å². The van der Waals surface area contributed by atoms with Gasteiger partial charge in [-0.05, 0) is 24.8 Å². The predicted octanol–water partition coefficient (Wildman–Crippen LogP) is 2.29. The second-order valence-corrected chi connectivity index (χ2v) is 4.13. The van der Waals surface area contributed by atoms with Crippen molar-refractivity contribution in [2.24, 2.45) is 0 Å². The lowest BCUT2D eigenvalue weighted by atomic mass is 10.1. The highest BCUT2D eigenvalue weighted by molar-refractivity contribution is 5.23. The molecule has 2 heteroatoms. The van der Waals surface area contributed by atoms with Gasteiger partial charge in [0.2, 0.25) is 0 Å². The lowest BCUT2D eigenvalue weighted by Crippen LogP contribution is -2.24. The van der Waals surface area contributed by atoms with E-state index in [1.54, 1.807) is 0 Å². The predicted molar refractivity (Wildman–Crippen MR) is 62.7 cm³/mol. The third-order valence-corrected chi connectivity index (χ3v) is 2.98. The van der Waals surface area contributed by atoms with Crippen molar-refractivity contribution in [3.05, 3.63) is 35.9 Å². The van der Waals surface area contributed by atoms with Gasteiger partial charge in [-0.1, -0.05) is 36.3 Å². The van der Waals surface area contributed by atoms with E-state index in [9.17, 15) is 5.11 Å². The Morgan fingerprint density at radius 2 is 2.06 bits per heavy atom. The maximum absolute atomic E-state index is 9.69. The fourth-order valence-corrected chi connectivity index (χ4v) is 2.08. The van der Waals surface area contributed by atoms with Crippen molar-refractivity contribution in [3.8, 4) is 12.3 Å². The highest BCUT2D eigenvalue weighted by Gasteiger charge is 2.28. The van der Waals surface area contributed by atoms with Crippen molar-refractivity contribution in [1.82, 2.24) is 0 Å². The maximum Gasteiger partial charge on any atom is 0.143 e. The summed E-state index contributed by atoms with van der Waals surface area (Å²) in [5, 5.41) is 9.69. The van der Waals surface area contributed by atoms with E-state index in [4.69, 9.17) is 11.2 Å². The zero-order valence-corrected chi connectivity index (χ0v) is 9.17. The Bertz CT molecular complexity index is 366. The summed E-state index contributed by atoms with van der Waals surface area (Å²) in [7, 11) is 0. The smallest absolute Gasteiger partial charge is 0.143 e. The number of aliphatic hydroxyl groups excluding tert-OH is 1. The van der Waals surface area contributed by atoms with Gasteiger partial charge in [-0.25, -0.2) is 0 Å². The second kappa shape index (κ2) is 5.16. The van der Waals surface area contributed by atoms with Crippen LogP contribution in [0, 0.1) is 12.3 Å². The first-order chi connectivity index (χ1) is 7.81. The lowest BCUT2D eigenvalue weighted by molar-refractivity contribution is -0.0424. The van der Waals surface area contributed by atoms with Crippen LogP contribution in [0.5, 0.6) is 0 Å². The van der Waals surface area contributed by atoms with E-state index in [-0.39, 0.29) is 18.3 Å². The summed E-state index contributed by atoms with van der Waals surface area (Å²) >= 11 is 0. The number of hydrogen-bond acceptors (Lipinski definition) is 2. The average molecular weight is 216 g/mol. The Morgan fingerprint density at radius 1 is 1.31 bits per heavy atom. The third-order valence-electron chi connectivity index (χ3n) is 2.98. The van der Waals surface area contributed by atoms with Crippen molar-refractivity contribution >= 4 is 0 Å². The van der Waals surface area contributed by atoms with E-state index >= 15 is 0 Å². The van der Waals surface area contributed by atoms with Gasteiger partial charge in [-0.15, -0.1) is 6.42 Å². The largest absolute Gasteiger partial charge is 0.390 e. The molecule has 0 saturated heterocycles. The average Bonchev–Trinajstić information content (AvgIpc) is 2.73. The normalized spacial score (nSPS) is 26.2. The number of ether oxygens (including phenoxy) is 1. The Kier molecular flexibility index (Phi) is 3.61. The minimum absolute atomic E-state index is 0.110. The van der Waals surface area contributed by atoms with Crippen LogP contribution >= 0.6 is 0 Å². The Balaban J connectivity index is 2.04. The summed E-state index contributed by atoms with van der Waals surface area (Å²) in [6.07, 6.45) is 7.38. The molecule has 0 spiro atoms. The summed E-state index contributed by atoms with van der Waals surface area (Å²) in [6, 6.07) is 9.72. The molecule has 1 aliphatic rings. The van der Waals surface area contributed by atoms with Crippen LogP contribution < -0.4 is 0 Å². The molecular weight excluding hydrogens is 200 g/mol. The number of hydrogen-bond donors (Lipinski definition) is 1. The van der Waals surface area contributed by atoms with Crippen molar-refractivity contribution in [1.29, 1.82) is 0 Å². The molecule has 1 aromatic rings. The van der Waals surface area contributed by atoms with Gasteiger partial charge >= 0.3 is 0 Å². The molecule has 84 valence electrons. The zero-order chi connectivity index (χ0) is 11.4. The highest BCUT2D eigenvalue weighted by atomic mass is 16.5. The third kappa shape index (κ3) is 2.44. The number of aliphatic hydroxyl groups is 1. The molecule has 1 saturated carbocycles. The molecule has 2 rings (SSSR count). The van der Waals surface area contributed by atoms with Crippen LogP contribution in [0.2, 0.25) is 0 Å². The number of rotatable bonds is 3. The van der Waals surface area contributed by atoms with Crippen LogP contribution in [0.25, 0.3) is 0 Å². The molecule has 1 aromatic carbocycles. The van der Waals surface area contributed by atoms with Gasteiger partial charge in [0, 0.05) is 0 Å². The first-order valence-corrected chi connectivity index (χ1v) is 5.66. The SMILES string of the molecule is C#CC(O[C@H]1CCC[C@H]1O)c1ccccc1. The lowest BCUT2D eigenvalue weighted by Gasteiger charge is -2.20. The van der Waals surface area contributed by atoms with E-state index in [2.05, 4.69) is 5.92 Å². The van der Waals surface area contributed by atoms with Gasteiger partial charge in [0.05, 0.1) is 12.2 Å². The van der Waals surface area contributed by atoms with Gasteiger partial charge < -0.3 is 9.84 Å². The monoisotopic (exact) mass is 216 g/mol. The van der Waals surface area contributed by atoms with Crippen molar-refractivity contribution in [3.63, 3.8) is 0 Å². The molecule has 1 unspecified atom stereocenters. The van der Waals surface area contributed by atoms with Crippen molar-refractivity contribution < 1.29 is 9.84 Å². The van der Waals surface area contributed by atoms with Crippen molar-refractivity contribution in [2.75, 3.05) is 0 Å². The standard InChI is InChI=1S/C14H16O2/c1-2-13(11-7-4-3-5-8-11)16-14-10-6-9-12(14)15/h1,3-5,7-8,12-15H,6,9-10H2/t12-,13?,14+/m1/s1. The molecule has 0 bridgehead atoms. The van der Waals surface area contributed by atoms with Crippen molar-refractivity contribution in [2.45, 2.75) is 37.6 Å². The topological polar surface area (TPSA) is 29.5 Å². The van der Waals surface area contributed by atoms with Crippen LogP contribution in [0.4, 0.5) is 0 Å². The summed E-state index contributed by atoms with van der Waals surface area (Å²) in [6.45, 7) is 0. The van der Waals surface area contributed by atoms with Gasteiger partial charge in [0.15, 0.2) is 0 Å². The molecule has 2 nitrogen and oxygen atoms in total. The summed E-state index contributed by atoms with van der Waals surface area (Å²) in [4.78, 5) is 0. The Labute approximate surface area is 96.3 Å². The van der Waals surface area contributed by atoms with E-state index in [1.807, 2.05) is 30.3 Å². The molecule has 1 aliphatic carbocycles. The van der Waals surface area contributed by atoms with E-state index in [0.717, 1.165) is 24.8 Å². The van der Waals surface area contributed by atoms with Gasteiger partial charge in [0.1, 0.15) is 6.10 Å². The molecule has 1 fully saturated rings. The molecular formula is C14H16O2. The Morgan fingerprint density at radius 3 is 2.62 bits per heavy atom. The van der Waals surface area contributed by atoms with E-state index in [0.29, 0.717) is 0 Å². The molecule has 0 aromatic heterocycles. The summed E-state index contributed by atoms with van der Waals surface area (Å²) in [5.74, 6) is 2.63. The van der Waals surface area contributed by atoms with Crippen LogP contribution in [-0.4, -0.2) is 17.3 Å². The quantitative estimate of drug-likeness (QED) is 0.785. The maximum atomic E-state index is 9.69. The summed E-state index contributed by atoms with van der Waals surface area (Å²) < 4.78 is 5.77. The molecule has 0 amide bonds. The molecule has 0 heterocycles.